The molecule has 0 aliphatic rings. The van der Waals surface area contributed by atoms with Gasteiger partial charge in [0.25, 0.3) is 0 Å². The average Bonchev–Trinajstić information content (AvgIpc) is 2.10. The quantitative estimate of drug-likeness (QED) is 0.385. The van der Waals surface area contributed by atoms with E-state index < -0.39 is 8.07 Å². The Morgan fingerprint density at radius 2 is 1.75 bits per heavy atom. The first-order chi connectivity index (χ1) is 7.20. The van der Waals surface area contributed by atoms with Crippen molar-refractivity contribution in [3.63, 3.8) is 0 Å². The first kappa shape index (κ1) is 15.9. The third kappa shape index (κ3) is 5.28. The maximum atomic E-state index is 6.03. The van der Waals surface area contributed by atoms with Gasteiger partial charge in [-0.05, 0) is 25.8 Å². The highest BCUT2D eigenvalue weighted by atomic mass is 28.3. The average molecular weight is 244 g/mol. The minimum Gasteiger partial charge on any atom is -0.356 e. The molecule has 0 aliphatic heterocycles. The van der Waals surface area contributed by atoms with Crippen molar-refractivity contribution in [1.29, 1.82) is 0 Å². The van der Waals surface area contributed by atoms with E-state index in [9.17, 15) is 0 Å². The maximum absolute atomic E-state index is 6.03. The van der Waals surface area contributed by atoms with E-state index in [1.54, 1.807) is 7.11 Å². The third-order valence-corrected chi connectivity index (χ3v) is 6.66. The lowest BCUT2D eigenvalue weighted by atomic mass is 10.2. The van der Waals surface area contributed by atoms with Crippen LogP contribution >= 0.6 is 0 Å². The normalized spacial score (nSPS) is 16.2. The first-order valence-corrected chi connectivity index (χ1v) is 9.31. The van der Waals surface area contributed by atoms with E-state index in [0.717, 1.165) is 6.04 Å². The van der Waals surface area contributed by atoms with Crippen LogP contribution in [-0.2, 0) is 9.47 Å². The number of allylic oxidation sites excluding steroid dienone is 1. The molecule has 0 spiro atoms. The molecule has 0 saturated carbocycles. The summed E-state index contributed by atoms with van der Waals surface area (Å²) in [6, 6.07) is 1.12. The fourth-order valence-electron chi connectivity index (χ4n) is 2.38. The molecule has 3 heteroatoms. The van der Waals surface area contributed by atoms with Crippen molar-refractivity contribution >= 4 is 8.07 Å². The van der Waals surface area contributed by atoms with E-state index in [-0.39, 0.29) is 6.29 Å². The van der Waals surface area contributed by atoms with Gasteiger partial charge >= 0.3 is 0 Å². The highest BCUT2D eigenvalue weighted by molar-refractivity contribution is 6.79. The Kier molecular flexibility index (Phi) is 6.52. The van der Waals surface area contributed by atoms with Crippen LogP contribution in [0.25, 0.3) is 0 Å². The molecule has 0 amide bonds. The summed E-state index contributed by atoms with van der Waals surface area (Å²) in [4.78, 5) is 0. The summed E-state index contributed by atoms with van der Waals surface area (Å²) in [5.74, 6) is 0.526. The van der Waals surface area contributed by atoms with Crippen LogP contribution in [0.3, 0.4) is 0 Å². The van der Waals surface area contributed by atoms with Gasteiger partial charge in [0, 0.05) is 7.11 Å². The summed E-state index contributed by atoms with van der Waals surface area (Å²) in [5.41, 5.74) is 1.58. The van der Waals surface area contributed by atoms with E-state index in [1.807, 2.05) is 6.92 Å². The molecule has 0 aliphatic carbocycles. The van der Waals surface area contributed by atoms with Crippen molar-refractivity contribution in [2.24, 2.45) is 5.92 Å². The van der Waals surface area contributed by atoms with Gasteiger partial charge in [-0.2, -0.15) is 0 Å². The van der Waals surface area contributed by atoms with Gasteiger partial charge in [0.1, 0.15) is 0 Å². The molecule has 16 heavy (non-hydrogen) atoms. The Morgan fingerprint density at radius 1 is 1.25 bits per heavy atom. The zero-order valence-electron chi connectivity index (χ0n) is 12.0. The van der Waals surface area contributed by atoms with Gasteiger partial charge in [-0.15, -0.1) is 6.58 Å². The van der Waals surface area contributed by atoms with Gasteiger partial charge < -0.3 is 9.47 Å². The lowest BCUT2D eigenvalue weighted by molar-refractivity contribution is -0.134. The Hall–Kier alpha value is -0.123. The van der Waals surface area contributed by atoms with Gasteiger partial charge in [0.2, 0.25) is 0 Å². The highest BCUT2D eigenvalue weighted by Crippen LogP contribution is 2.27. The van der Waals surface area contributed by atoms with Crippen LogP contribution in [0.5, 0.6) is 0 Å². The van der Waals surface area contributed by atoms with Gasteiger partial charge in [-0.25, -0.2) is 0 Å². The molecule has 0 aromatic rings. The highest BCUT2D eigenvalue weighted by Gasteiger charge is 2.35. The Labute approximate surface area is 102 Å². The van der Waals surface area contributed by atoms with Gasteiger partial charge in [0.15, 0.2) is 6.29 Å². The van der Waals surface area contributed by atoms with E-state index in [0.29, 0.717) is 11.6 Å². The van der Waals surface area contributed by atoms with Crippen LogP contribution in [0.2, 0.25) is 19.1 Å². The molecular weight excluding hydrogens is 216 g/mol. The Bertz CT molecular complexity index is 224. The minimum absolute atomic E-state index is 0.121. The second-order valence-electron chi connectivity index (χ2n) is 5.73. The van der Waals surface area contributed by atoms with Crippen molar-refractivity contribution in [3.8, 4) is 0 Å². The summed E-state index contributed by atoms with van der Waals surface area (Å²) in [7, 11) is 0.250. The number of rotatable bonds is 7. The smallest absolute Gasteiger partial charge is 0.154 e. The van der Waals surface area contributed by atoms with Crippen LogP contribution < -0.4 is 0 Å². The topological polar surface area (TPSA) is 18.5 Å². The lowest BCUT2D eigenvalue weighted by Gasteiger charge is -2.37. The molecular formula is C13H28O2Si. The fourth-order valence-corrected chi connectivity index (χ4v) is 6.51. The number of methoxy groups -OCH3 is 1. The lowest BCUT2D eigenvalue weighted by Crippen LogP contribution is -2.48. The molecule has 0 aromatic carbocycles. The molecule has 0 heterocycles. The molecule has 0 radical (unpaired) electrons. The molecule has 2 unspecified atom stereocenters. The Morgan fingerprint density at radius 3 is 2.06 bits per heavy atom. The molecule has 2 atom stereocenters. The molecule has 0 aromatic heterocycles. The van der Waals surface area contributed by atoms with E-state index in [1.165, 1.54) is 5.57 Å². The second-order valence-corrected chi connectivity index (χ2v) is 10.6. The summed E-state index contributed by atoms with van der Waals surface area (Å²) in [6.07, 6.45) is -0.121. The molecule has 96 valence electrons. The van der Waals surface area contributed by atoms with Gasteiger partial charge in [0.05, 0.1) is 13.8 Å². The van der Waals surface area contributed by atoms with E-state index in [4.69, 9.17) is 9.47 Å². The van der Waals surface area contributed by atoms with Crippen molar-refractivity contribution in [2.75, 3.05) is 7.11 Å². The molecule has 0 bridgehead atoms. The zero-order chi connectivity index (χ0) is 12.9. The maximum Gasteiger partial charge on any atom is 0.154 e. The molecule has 2 nitrogen and oxygen atoms in total. The monoisotopic (exact) mass is 244 g/mol. The zero-order valence-corrected chi connectivity index (χ0v) is 13.0. The van der Waals surface area contributed by atoms with Crippen molar-refractivity contribution in [1.82, 2.24) is 0 Å². The van der Waals surface area contributed by atoms with Crippen LogP contribution in [0.4, 0.5) is 0 Å². The van der Waals surface area contributed by atoms with E-state index >= 15 is 0 Å². The molecule has 0 saturated heterocycles. The summed E-state index contributed by atoms with van der Waals surface area (Å²) >= 11 is 0. The van der Waals surface area contributed by atoms with Gasteiger partial charge in [-0.3, -0.25) is 0 Å². The predicted molar refractivity (Wildman–Crippen MR) is 73.3 cm³/mol. The summed E-state index contributed by atoms with van der Waals surface area (Å²) in [5, 5.41) is 0. The second kappa shape index (κ2) is 6.57. The van der Waals surface area contributed by atoms with Crippen LogP contribution in [0.15, 0.2) is 12.2 Å². The largest absolute Gasteiger partial charge is 0.356 e. The number of ether oxygens (including phenoxy) is 2. The minimum atomic E-state index is -1.44. The number of hydrogen-bond acceptors (Lipinski definition) is 2. The van der Waals surface area contributed by atoms with Crippen LogP contribution in [0.1, 0.15) is 27.7 Å². The predicted octanol–water partition coefficient (Wildman–Crippen LogP) is 3.84. The van der Waals surface area contributed by atoms with Crippen molar-refractivity contribution < 1.29 is 9.47 Å². The summed E-state index contributed by atoms with van der Waals surface area (Å²) in [6.45, 7) is 17.3. The molecule has 0 rings (SSSR count). The SMILES string of the molecule is C=C(C)C[Si](C)(C)C(OC(C)OC)C(C)C. The van der Waals surface area contributed by atoms with Crippen molar-refractivity contribution in [2.45, 2.75) is 58.9 Å². The third-order valence-electron chi connectivity index (χ3n) is 2.80. The van der Waals surface area contributed by atoms with E-state index in [2.05, 4.69) is 40.4 Å². The Balaban J connectivity index is 4.68. The molecule has 0 fully saturated rings. The summed E-state index contributed by atoms with van der Waals surface area (Å²) < 4.78 is 11.2. The van der Waals surface area contributed by atoms with Crippen molar-refractivity contribution in [3.05, 3.63) is 12.2 Å². The number of hydrogen-bond donors (Lipinski definition) is 0. The van der Waals surface area contributed by atoms with Crippen LogP contribution in [0, 0.1) is 5.92 Å². The fraction of sp³-hybridized carbons (Fsp3) is 0.846. The first-order valence-electron chi connectivity index (χ1n) is 6.03. The standard InChI is InChI=1S/C13H28O2Si/c1-10(2)9-16(7,8)13(11(3)4)15-12(5)14-6/h11-13H,1,9H2,2-8H3. The molecule has 0 N–H and O–H groups in total. The van der Waals surface area contributed by atoms with Crippen LogP contribution in [-0.4, -0.2) is 27.2 Å². The van der Waals surface area contributed by atoms with Gasteiger partial charge in [-0.1, -0.05) is 32.5 Å².